The van der Waals surface area contributed by atoms with Crippen LogP contribution in [0.15, 0.2) is 91.3 Å². The van der Waals surface area contributed by atoms with Gasteiger partial charge in [-0.25, -0.2) is 28.3 Å². The molecule has 2 aromatic carbocycles. The van der Waals surface area contributed by atoms with Crippen molar-refractivity contribution in [1.82, 2.24) is 14.8 Å². The van der Waals surface area contributed by atoms with Crippen LogP contribution in [0.5, 0.6) is 0 Å². The summed E-state index contributed by atoms with van der Waals surface area (Å²) in [5, 5.41) is 4.74. The van der Waals surface area contributed by atoms with E-state index in [-0.39, 0.29) is 0 Å². The third-order valence-electron chi connectivity index (χ3n) is 3.81. The Morgan fingerprint density at radius 2 is 1.28 bits per heavy atom. The van der Waals surface area contributed by atoms with Crippen LogP contribution in [0.2, 0.25) is 0 Å². The highest BCUT2D eigenvalue weighted by Gasteiger charge is 2.16. The summed E-state index contributed by atoms with van der Waals surface area (Å²) in [6.07, 6.45) is 4.07. The van der Waals surface area contributed by atoms with Crippen molar-refractivity contribution in [2.75, 3.05) is 0 Å². The summed E-state index contributed by atoms with van der Waals surface area (Å²) in [7, 11) is -4.94. The molecule has 4 aromatic rings. The second-order valence-corrected chi connectivity index (χ2v) is 6.65. The predicted octanol–water partition coefficient (Wildman–Crippen LogP) is -1.49. The summed E-state index contributed by atoms with van der Waals surface area (Å²) in [5.41, 5.74) is 2.03. The Kier molecular flexibility index (Phi) is 6.65. The summed E-state index contributed by atoms with van der Waals surface area (Å²) < 4.78 is 38.0. The highest BCUT2D eigenvalue weighted by molar-refractivity contribution is 5.54. The zero-order chi connectivity index (χ0) is 20.7. The average Bonchev–Trinajstić information content (AvgIpc) is 3.13. The van der Waals surface area contributed by atoms with E-state index in [0.29, 0.717) is 6.54 Å². The van der Waals surface area contributed by atoms with E-state index in [0.717, 1.165) is 22.9 Å². The van der Waals surface area contributed by atoms with Crippen molar-refractivity contribution in [3.63, 3.8) is 0 Å². The van der Waals surface area contributed by atoms with Gasteiger partial charge in [-0.2, -0.15) is 4.57 Å². The van der Waals surface area contributed by atoms with Crippen molar-refractivity contribution >= 4 is 0 Å². The first-order chi connectivity index (χ1) is 13.9. The molecule has 148 valence electrons. The normalized spacial score (nSPS) is 10.9. The molecule has 0 amide bonds. The van der Waals surface area contributed by atoms with Gasteiger partial charge in [0.25, 0.3) is 0 Å². The van der Waals surface area contributed by atoms with Gasteiger partial charge in [0.2, 0.25) is 6.54 Å². The summed E-state index contributed by atoms with van der Waals surface area (Å²) in [4.78, 5) is 4.78. The summed E-state index contributed by atoms with van der Waals surface area (Å²) in [6, 6.07) is 26.2. The quantitative estimate of drug-likeness (QED) is 0.376. The second-order valence-electron chi connectivity index (χ2n) is 5.89. The highest BCUT2D eigenvalue weighted by atomic mass is 35.7. The lowest BCUT2D eigenvalue weighted by molar-refractivity contribution is -2.00. The number of hydrogen-bond donors (Lipinski definition) is 0. The van der Waals surface area contributed by atoms with Crippen molar-refractivity contribution in [3.05, 3.63) is 97.1 Å². The van der Waals surface area contributed by atoms with Crippen LogP contribution in [0, 0.1) is 10.2 Å². The van der Waals surface area contributed by atoms with Crippen molar-refractivity contribution in [1.29, 1.82) is 0 Å². The summed E-state index contributed by atoms with van der Waals surface area (Å²) in [5.74, 6) is 1.64. The number of pyridine rings is 1. The van der Waals surface area contributed by atoms with E-state index in [4.69, 9.17) is 28.7 Å². The number of halogens is 1. The maximum atomic E-state index is 8.49. The van der Waals surface area contributed by atoms with Crippen LogP contribution in [0.4, 0.5) is 0 Å². The largest absolute Gasteiger partial charge is 0.222 e. The second kappa shape index (κ2) is 9.37. The van der Waals surface area contributed by atoms with E-state index in [1.165, 1.54) is 0 Å². The van der Waals surface area contributed by atoms with Gasteiger partial charge in [0, 0.05) is 17.7 Å². The van der Waals surface area contributed by atoms with E-state index >= 15 is 0 Å². The standard InChI is InChI=1S/C20H17N4.ClHO4/c1-4-10-17(11-5-1)20-21-19(16-23-14-8-3-9-15-23)24(22-20)18-12-6-2-7-13-18;2-1(3,4)5/h1-15H,16H2;(H,2,3,4,5)/q+1;/p-1. The van der Waals surface area contributed by atoms with Gasteiger partial charge in [-0.1, -0.05) is 54.6 Å². The van der Waals surface area contributed by atoms with Crippen molar-refractivity contribution in [3.8, 4) is 17.1 Å². The van der Waals surface area contributed by atoms with Crippen LogP contribution < -0.4 is 23.2 Å². The molecule has 0 aliphatic heterocycles. The van der Waals surface area contributed by atoms with E-state index < -0.39 is 10.2 Å². The van der Waals surface area contributed by atoms with Gasteiger partial charge in [-0.05, 0) is 12.1 Å². The molecule has 0 radical (unpaired) electrons. The molecule has 0 fully saturated rings. The zero-order valence-electron chi connectivity index (χ0n) is 15.2. The Morgan fingerprint density at radius 1 is 0.759 bits per heavy atom. The number of nitrogens with zero attached hydrogens (tertiary/aromatic N) is 4. The van der Waals surface area contributed by atoms with Crippen LogP contribution in [-0.4, -0.2) is 14.8 Å². The van der Waals surface area contributed by atoms with Crippen molar-refractivity contribution in [2.45, 2.75) is 6.54 Å². The van der Waals surface area contributed by atoms with Crippen molar-refractivity contribution < 1.29 is 33.4 Å². The lowest BCUT2D eigenvalue weighted by Crippen LogP contribution is -2.68. The Bertz CT molecular complexity index is 1020. The van der Waals surface area contributed by atoms with E-state index in [1.54, 1.807) is 0 Å². The molecule has 8 nitrogen and oxygen atoms in total. The summed E-state index contributed by atoms with van der Waals surface area (Å²) in [6.45, 7) is 0.662. The Morgan fingerprint density at radius 3 is 1.86 bits per heavy atom. The van der Waals surface area contributed by atoms with Gasteiger partial charge in [0.15, 0.2) is 24.0 Å². The van der Waals surface area contributed by atoms with E-state index in [9.17, 15) is 0 Å². The first-order valence-electron chi connectivity index (χ1n) is 8.53. The minimum absolute atomic E-state index is 0.662. The van der Waals surface area contributed by atoms with Gasteiger partial charge in [-0.3, -0.25) is 0 Å². The number of rotatable bonds is 4. The third-order valence-corrected chi connectivity index (χ3v) is 3.81. The van der Waals surface area contributed by atoms with Crippen LogP contribution in [0.25, 0.3) is 17.1 Å². The van der Waals surface area contributed by atoms with Crippen LogP contribution in [0.1, 0.15) is 5.82 Å². The Balaban J connectivity index is 0.000000431. The summed E-state index contributed by atoms with van der Waals surface area (Å²) >= 11 is 0. The molecule has 0 spiro atoms. The molecule has 0 saturated heterocycles. The molecule has 0 N–H and O–H groups in total. The molecule has 4 rings (SSSR count). The lowest BCUT2D eigenvalue weighted by Gasteiger charge is -2.17. The molecular formula is C20H17ClN4O4. The molecule has 0 bridgehead atoms. The first kappa shape index (κ1) is 20.6. The van der Waals surface area contributed by atoms with Gasteiger partial charge in [-0.15, -0.1) is 15.3 Å². The highest BCUT2D eigenvalue weighted by Crippen LogP contribution is 2.18. The molecule has 0 saturated carbocycles. The third kappa shape index (κ3) is 6.46. The molecule has 29 heavy (non-hydrogen) atoms. The molecule has 2 heterocycles. The van der Waals surface area contributed by atoms with Crippen LogP contribution >= 0.6 is 0 Å². The van der Waals surface area contributed by atoms with Gasteiger partial charge < -0.3 is 0 Å². The molecule has 0 atom stereocenters. The topological polar surface area (TPSA) is 127 Å². The average molecular weight is 413 g/mol. The number of benzene rings is 2. The molecule has 0 unspecified atom stereocenters. The van der Waals surface area contributed by atoms with E-state index in [1.807, 2.05) is 95.9 Å². The first-order valence-corrected chi connectivity index (χ1v) is 9.76. The van der Waals surface area contributed by atoms with Gasteiger partial charge in [0.05, 0.1) is 5.69 Å². The number of para-hydroxylation sites is 1. The van der Waals surface area contributed by atoms with Gasteiger partial charge >= 0.3 is 0 Å². The van der Waals surface area contributed by atoms with Crippen LogP contribution in [0.3, 0.4) is 0 Å². The maximum absolute atomic E-state index is 8.49. The predicted molar refractivity (Wildman–Crippen MR) is 92.5 cm³/mol. The minimum atomic E-state index is -4.94. The lowest BCUT2D eigenvalue weighted by atomic mass is 10.2. The minimum Gasteiger partial charge on any atom is -0.222 e. The fourth-order valence-electron chi connectivity index (χ4n) is 2.64. The zero-order valence-corrected chi connectivity index (χ0v) is 15.9. The molecule has 0 aliphatic carbocycles. The van der Waals surface area contributed by atoms with Crippen LogP contribution in [-0.2, 0) is 6.54 Å². The smallest absolute Gasteiger partial charge is 0.207 e. The molecule has 9 heteroatoms. The molecule has 2 aromatic heterocycles. The van der Waals surface area contributed by atoms with Gasteiger partial charge in [0.1, 0.15) is 0 Å². The number of hydrogen-bond acceptors (Lipinski definition) is 6. The fourth-order valence-corrected chi connectivity index (χ4v) is 2.64. The monoisotopic (exact) mass is 412 g/mol. The Hall–Kier alpha value is -3.14. The fraction of sp³-hybridized carbons (Fsp3) is 0.0500. The Labute approximate surface area is 169 Å². The number of aromatic nitrogens is 4. The molecular weight excluding hydrogens is 396 g/mol. The SMILES string of the molecule is [O-][Cl+3]([O-])([O-])[O-].c1ccc(-c2nc(C[n+]3ccccc3)n(-c3ccccc3)n2)cc1. The van der Waals surface area contributed by atoms with Crippen molar-refractivity contribution in [2.24, 2.45) is 0 Å². The molecule has 0 aliphatic rings. The maximum Gasteiger partial charge on any atom is 0.207 e. The van der Waals surface area contributed by atoms with E-state index in [2.05, 4.69) is 4.57 Å².